The van der Waals surface area contributed by atoms with Gasteiger partial charge in [-0.3, -0.25) is 9.59 Å². The van der Waals surface area contributed by atoms with Gasteiger partial charge >= 0.3 is 0 Å². The Morgan fingerprint density at radius 1 is 1.02 bits per heavy atom. The number of carbonyl (C=O) groups is 2. The number of nitrogens with zero attached hydrogens (tertiary/aromatic N) is 5. The zero-order valence-electron chi connectivity index (χ0n) is 21.7. The molecule has 5 rings (SSSR count). The van der Waals surface area contributed by atoms with Crippen molar-refractivity contribution >= 4 is 40.9 Å². The summed E-state index contributed by atoms with van der Waals surface area (Å²) in [7, 11) is 0. The van der Waals surface area contributed by atoms with Crippen molar-refractivity contribution in [2.75, 3.05) is 36.4 Å². The van der Waals surface area contributed by atoms with Gasteiger partial charge in [0.2, 0.25) is 11.8 Å². The Labute approximate surface area is 237 Å². The summed E-state index contributed by atoms with van der Waals surface area (Å²) < 4.78 is 1.48. The highest BCUT2D eigenvalue weighted by Gasteiger charge is 2.21. The Bertz CT molecular complexity index is 1450. The quantitative estimate of drug-likeness (QED) is 0.271. The van der Waals surface area contributed by atoms with Crippen LogP contribution in [-0.4, -0.2) is 64.2 Å². The number of benzene rings is 3. The molecule has 0 saturated carbocycles. The number of nitrogens with one attached hydrogen (secondary N) is 3. The van der Waals surface area contributed by atoms with E-state index in [1.54, 1.807) is 24.3 Å². The molecule has 3 N–H and O–H groups in total. The van der Waals surface area contributed by atoms with Crippen molar-refractivity contribution in [3.8, 4) is 5.69 Å². The van der Waals surface area contributed by atoms with Gasteiger partial charge < -0.3 is 20.9 Å². The van der Waals surface area contributed by atoms with E-state index in [1.165, 1.54) is 17.1 Å². The first-order chi connectivity index (χ1) is 19.5. The number of aromatic nitrogens is 4. The monoisotopic (exact) mass is 556 g/mol. The van der Waals surface area contributed by atoms with Crippen molar-refractivity contribution in [2.24, 2.45) is 0 Å². The standard InChI is InChI=1S/C29H29ClN8O2/c30-23-7-12-27(38-20-32-35-36-38)22(19-23)6-13-28(39)34-26(18-21-4-2-1-3-5-21)29(40)33-24-8-10-25(11-9-24)37-16-14-31-15-17-37/h1-13,19-20,26,31H,14-18H2,(H,33,40)(H,34,39)/b13-6+/t26-/m0/s1. The maximum Gasteiger partial charge on any atom is 0.247 e. The highest BCUT2D eigenvalue weighted by Crippen LogP contribution is 2.21. The van der Waals surface area contributed by atoms with Crippen LogP contribution in [0.3, 0.4) is 0 Å². The van der Waals surface area contributed by atoms with Crippen molar-refractivity contribution in [3.05, 3.63) is 101 Å². The SMILES string of the molecule is O=C(/C=C/c1cc(Cl)ccc1-n1cnnn1)N[C@@H](Cc1ccccc1)C(=O)Nc1ccc(N2CCNCC2)cc1. The van der Waals surface area contributed by atoms with Crippen molar-refractivity contribution < 1.29 is 9.59 Å². The largest absolute Gasteiger partial charge is 0.369 e. The van der Waals surface area contributed by atoms with Crippen LogP contribution in [0.1, 0.15) is 11.1 Å². The van der Waals surface area contributed by atoms with Crippen molar-refractivity contribution in [1.82, 2.24) is 30.8 Å². The number of rotatable bonds is 9. The average Bonchev–Trinajstić information content (AvgIpc) is 3.52. The smallest absolute Gasteiger partial charge is 0.247 e. The Balaban J connectivity index is 1.29. The molecule has 0 unspecified atom stereocenters. The molecule has 0 spiro atoms. The summed E-state index contributed by atoms with van der Waals surface area (Å²) in [6.07, 6.45) is 4.77. The van der Waals surface area contributed by atoms with Gasteiger partial charge in [0.25, 0.3) is 0 Å². The van der Waals surface area contributed by atoms with Crippen molar-refractivity contribution in [3.63, 3.8) is 0 Å². The van der Waals surface area contributed by atoms with Crippen LogP contribution in [0.5, 0.6) is 0 Å². The third kappa shape index (κ3) is 7.10. The molecule has 1 atom stereocenters. The molecule has 40 heavy (non-hydrogen) atoms. The number of anilines is 2. The second kappa shape index (κ2) is 13.0. The van der Waals surface area contributed by atoms with E-state index in [1.807, 2.05) is 54.6 Å². The second-order valence-electron chi connectivity index (χ2n) is 9.31. The fourth-order valence-corrected chi connectivity index (χ4v) is 4.67. The van der Waals surface area contributed by atoms with Gasteiger partial charge in [-0.2, -0.15) is 4.68 Å². The zero-order chi connectivity index (χ0) is 27.7. The number of piperazine rings is 1. The van der Waals surface area contributed by atoms with E-state index in [9.17, 15) is 9.59 Å². The minimum absolute atomic E-state index is 0.308. The van der Waals surface area contributed by atoms with Gasteiger partial charge in [0.15, 0.2) is 0 Å². The molecule has 0 bridgehead atoms. The maximum atomic E-state index is 13.4. The number of carbonyl (C=O) groups excluding carboxylic acids is 2. The average molecular weight is 557 g/mol. The lowest BCUT2D eigenvalue weighted by atomic mass is 10.0. The first-order valence-corrected chi connectivity index (χ1v) is 13.3. The number of tetrazole rings is 1. The van der Waals surface area contributed by atoms with Crippen LogP contribution in [0.2, 0.25) is 5.02 Å². The van der Waals surface area contributed by atoms with Gasteiger partial charge in [-0.05, 0) is 64.5 Å². The Morgan fingerprint density at radius 2 is 1.80 bits per heavy atom. The predicted octanol–water partition coefficient (Wildman–Crippen LogP) is 3.10. The van der Waals surface area contributed by atoms with Crippen LogP contribution in [0.15, 0.2) is 85.2 Å². The molecular formula is C29H29ClN8O2. The topological polar surface area (TPSA) is 117 Å². The van der Waals surface area contributed by atoms with Crippen LogP contribution in [0.4, 0.5) is 11.4 Å². The van der Waals surface area contributed by atoms with Gasteiger partial charge in [0, 0.05) is 60.6 Å². The highest BCUT2D eigenvalue weighted by molar-refractivity contribution is 6.30. The Kier molecular flexibility index (Phi) is 8.79. The summed E-state index contributed by atoms with van der Waals surface area (Å²) >= 11 is 6.19. The molecule has 204 valence electrons. The molecule has 1 aromatic heterocycles. The van der Waals surface area contributed by atoms with Gasteiger partial charge in [-0.15, -0.1) is 5.10 Å². The number of halogens is 1. The predicted molar refractivity (Wildman–Crippen MR) is 155 cm³/mol. The summed E-state index contributed by atoms with van der Waals surface area (Å²) in [5, 5.41) is 20.9. The van der Waals surface area contributed by atoms with Crippen LogP contribution < -0.4 is 20.9 Å². The van der Waals surface area contributed by atoms with Crippen molar-refractivity contribution in [1.29, 1.82) is 0 Å². The van der Waals surface area contributed by atoms with Gasteiger partial charge in [0.05, 0.1) is 5.69 Å². The lowest BCUT2D eigenvalue weighted by Gasteiger charge is -2.29. The van der Waals surface area contributed by atoms with Crippen molar-refractivity contribution in [2.45, 2.75) is 12.5 Å². The molecule has 11 heteroatoms. The summed E-state index contributed by atoms with van der Waals surface area (Å²) in [5.41, 5.74) is 4.00. The van der Waals surface area contributed by atoms with E-state index in [-0.39, 0.29) is 5.91 Å². The third-order valence-corrected chi connectivity index (χ3v) is 6.77. The van der Waals surface area contributed by atoms with Crippen LogP contribution in [0.25, 0.3) is 11.8 Å². The minimum Gasteiger partial charge on any atom is -0.369 e. The van der Waals surface area contributed by atoms with E-state index in [0.717, 1.165) is 37.4 Å². The van der Waals surface area contributed by atoms with Crippen LogP contribution in [0, 0.1) is 0 Å². The van der Waals surface area contributed by atoms with Crippen LogP contribution in [-0.2, 0) is 16.0 Å². The molecule has 0 aliphatic carbocycles. The molecular weight excluding hydrogens is 528 g/mol. The molecule has 10 nitrogen and oxygen atoms in total. The van der Waals surface area contributed by atoms with E-state index >= 15 is 0 Å². The van der Waals surface area contributed by atoms with Crippen LogP contribution >= 0.6 is 11.6 Å². The molecule has 1 saturated heterocycles. The molecule has 3 aromatic carbocycles. The summed E-state index contributed by atoms with van der Waals surface area (Å²) in [5.74, 6) is -0.731. The third-order valence-electron chi connectivity index (χ3n) is 6.53. The first kappa shape index (κ1) is 27.0. The number of hydrogen-bond acceptors (Lipinski definition) is 7. The zero-order valence-corrected chi connectivity index (χ0v) is 22.5. The Morgan fingerprint density at radius 3 is 2.52 bits per heavy atom. The maximum absolute atomic E-state index is 13.4. The normalized spacial score (nSPS) is 14.2. The lowest BCUT2D eigenvalue weighted by Crippen LogP contribution is -2.44. The summed E-state index contributed by atoms with van der Waals surface area (Å²) in [6.45, 7) is 3.78. The second-order valence-corrected chi connectivity index (χ2v) is 9.75. The molecule has 1 aliphatic heterocycles. The van der Waals surface area contributed by atoms with Gasteiger partial charge in [-0.1, -0.05) is 41.9 Å². The fourth-order valence-electron chi connectivity index (χ4n) is 4.49. The number of amides is 2. The summed E-state index contributed by atoms with van der Waals surface area (Å²) in [6, 6.07) is 21.7. The fraction of sp³-hybridized carbons (Fsp3) is 0.207. The Hall–Kier alpha value is -4.54. The molecule has 1 fully saturated rings. The van der Waals surface area contributed by atoms with E-state index in [4.69, 9.17) is 11.6 Å². The lowest BCUT2D eigenvalue weighted by molar-refractivity contribution is -0.123. The summed E-state index contributed by atoms with van der Waals surface area (Å²) in [4.78, 5) is 28.7. The van der Waals surface area contributed by atoms with E-state index < -0.39 is 11.9 Å². The minimum atomic E-state index is -0.800. The van der Waals surface area contributed by atoms with E-state index in [0.29, 0.717) is 28.4 Å². The van der Waals surface area contributed by atoms with Gasteiger partial charge in [-0.25, -0.2) is 0 Å². The molecule has 0 radical (unpaired) electrons. The van der Waals surface area contributed by atoms with Gasteiger partial charge in [0.1, 0.15) is 12.4 Å². The first-order valence-electron chi connectivity index (χ1n) is 13.0. The number of hydrogen-bond donors (Lipinski definition) is 3. The molecule has 2 heterocycles. The highest BCUT2D eigenvalue weighted by atomic mass is 35.5. The molecule has 1 aliphatic rings. The molecule has 4 aromatic rings. The van der Waals surface area contributed by atoms with E-state index in [2.05, 4.69) is 36.4 Å². The molecule has 2 amide bonds.